The molecule has 0 bridgehead atoms. The molecule has 0 aliphatic carbocycles. The Bertz CT molecular complexity index is 1230. The summed E-state index contributed by atoms with van der Waals surface area (Å²) in [5.41, 5.74) is 13.3. The molecule has 4 N–H and O–H groups in total. The summed E-state index contributed by atoms with van der Waals surface area (Å²) in [6, 6.07) is 12.1. The normalized spacial score (nSPS) is 13.3. The third kappa shape index (κ3) is 7.59. The number of hydrogen-bond donors (Lipinski definition) is 3. The minimum atomic E-state index is 0.547. The van der Waals surface area contributed by atoms with Crippen molar-refractivity contribution in [3.05, 3.63) is 94.4 Å². The number of halogens is 1. The number of aromatic amines is 1. The van der Waals surface area contributed by atoms with E-state index in [1.54, 1.807) is 0 Å². The van der Waals surface area contributed by atoms with Crippen molar-refractivity contribution in [1.29, 1.82) is 0 Å². The van der Waals surface area contributed by atoms with Crippen LogP contribution in [0, 0.1) is 6.92 Å². The standard InChI is InChI=1S/C19H25N5.C10H13Cl/c1-6-15(12(3)8-9-21-5)19-23-16-11-14(18(20)22-7-2)10-13(4)17(16)24-19;1-3-8(2)9-5-4-6-10(11)7-9/h6,8-11,21H,1,7H2,2-5H3,(H2,20,22)(H,23,24);4-8H,3H2,1-2H3/b9-8-,15-12+;. The highest BCUT2D eigenvalue weighted by molar-refractivity contribution is 6.30. The Labute approximate surface area is 214 Å². The zero-order valence-electron chi connectivity index (χ0n) is 21.7. The van der Waals surface area contributed by atoms with Gasteiger partial charge in [-0.3, -0.25) is 4.99 Å². The monoisotopic (exact) mass is 491 g/mol. The van der Waals surface area contributed by atoms with E-state index in [4.69, 9.17) is 22.3 Å². The molecule has 0 amide bonds. The maximum absolute atomic E-state index is 6.04. The number of fused-ring (bicyclic) bond motifs is 1. The number of H-pyrrole nitrogens is 1. The number of benzene rings is 2. The third-order valence-electron chi connectivity index (χ3n) is 5.82. The molecule has 0 aliphatic rings. The number of amidine groups is 1. The SMILES string of the molecule is C=C/C(=C(C)\C=C/NC)c1nc2c(C)cc(C(N)=NCC)cc2[nH]1.CCC(C)c1cccc(Cl)c1. The summed E-state index contributed by atoms with van der Waals surface area (Å²) in [6.45, 7) is 15.0. The fourth-order valence-corrected chi connectivity index (χ4v) is 3.82. The summed E-state index contributed by atoms with van der Waals surface area (Å²) >= 11 is 5.85. The van der Waals surface area contributed by atoms with Crippen LogP contribution in [0.1, 0.15) is 62.5 Å². The minimum Gasteiger partial charge on any atom is -0.394 e. The molecule has 6 heteroatoms. The lowest BCUT2D eigenvalue weighted by molar-refractivity contribution is 0.734. The van der Waals surface area contributed by atoms with Gasteiger partial charge in [0.15, 0.2) is 0 Å². The highest BCUT2D eigenvalue weighted by Crippen LogP contribution is 2.25. The number of nitrogens with zero attached hydrogens (tertiary/aromatic N) is 2. The Morgan fingerprint density at radius 1 is 1.29 bits per heavy atom. The van der Waals surface area contributed by atoms with E-state index >= 15 is 0 Å². The molecular formula is C29H38ClN5. The summed E-state index contributed by atoms with van der Waals surface area (Å²) in [5, 5.41) is 3.83. The number of aromatic nitrogens is 2. The molecule has 0 radical (unpaired) electrons. The van der Waals surface area contributed by atoms with Gasteiger partial charge < -0.3 is 16.0 Å². The Morgan fingerprint density at radius 3 is 2.63 bits per heavy atom. The number of imidazole rings is 1. The number of allylic oxidation sites excluding steroid dienone is 4. The van der Waals surface area contributed by atoms with Crippen molar-refractivity contribution in [2.24, 2.45) is 10.7 Å². The molecule has 1 aromatic heterocycles. The van der Waals surface area contributed by atoms with Crippen LogP contribution in [-0.2, 0) is 0 Å². The molecule has 0 saturated heterocycles. The molecule has 3 rings (SSSR count). The Balaban J connectivity index is 0.000000328. The zero-order valence-corrected chi connectivity index (χ0v) is 22.5. The van der Waals surface area contributed by atoms with Crippen LogP contribution in [0.2, 0.25) is 5.02 Å². The van der Waals surface area contributed by atoms with Crippen LogP contribution in [0.25, 0.3) is 16.6 Å². The summed E-state index contributed by atoms with van der Waals surface area (Å²) < 4.78 is 0. The molecule has 0 saturated carbocycles. The van der Waals surface area contributed by atoms with E-state index in [1.807, 2.05) is 76.5 Å². The first-order valence-corrected chi connectivity index (χ1v) is 12.4. The lowest BCUT2D eigenvalue weighted by Gasteiger charge is -2.07. The van der Waals surface area contributed by atoms with Gasteiger partial charge in [-0.25, -0.2) is 4.98 Å². The maximum Gasteiger partial charge on any atom is 0.138 e. The van der Waals surface area contributed by atoms with Crippen molar-refractivity contribution in [2.75, 3.05) is 13.6 Å². The average Bonchev–Trinajstić information content (AvgIpc) is 3.27. The quantitative estimate of drug-likeness (QED) is 0.178. The predicted molar refractivity (Wildman–Crippen MR) is 153 cm³/mol. The van der Waals surface area contributed by atoms with Gasteiger partial charge in [0.2, 0.25) is 0 Å². The summed E-state index contributed by atoms with van der Waals surface area (Å²) in [4.78, 5) is 12.4. The zero-order chi connectivity index (χ0) is 26.0. The first-order chi connectivity index (χ1) is 16.7. The van der Waals surface area contributed by atoms with Crippen molar-refractivity contribution >= 4 is 34.0 Å². The van der Waals surface area contributed by atoms with Gasteiger partial charge >= 0.3 is 0 Å². The molecule has 0 spiro atoms. The second-order valence-electron chi connectivity index (χ2n) is 8.42. The van der Waals surface area contributed by atoms with E-state index in [2.05, 4.69) is 41.8 Å². The third-order valence-corrected chi connectivity index (χ3v) is 6.05. The molecule has 35 heavy (non-hydrogen) atoms. The first-order valence-electron chi connectivity index (χ1n) is 12.0. The molecular weight excluding hydrogens is 454 g/mol. The average molecular weight is 492 g/mol. The largest absolute Gasteiger partial charge is 0.394 e. The number of rotatable bonds is 8. The van der Waals surface area contributed by atoms with Crippen molar-refractivity contribution in [3.8, 4) is 0 Å². The minimum absolute atomic E-state index is 0.547. The molecule has 0 fully saturated rings. The van der Waals surface area contributed by atoms with Gasteiger partial charge in [-0.05, 0) is 86.4 Å². The van der Waals surface area contributed by atoms with Crippen molar-refractivity contribution < 1.29 is 0 Å². The summed E-state index contributed by atoms with van der Waals surface area (Å²) in [5.74, 6) is 1.96. The first kappa shape index (κ1) is 27.9. The number of hydrogen-bond acceptors (Lipinski definition) is 3. The molecule has 2 aromatic carbocycles. The number of aliphatic imine (C=N–C) groups is 1. The molecule has 1 unspecified atom stereocenters. The topological polar surface area (TPSA) is 79.1 Å². The van der Waals surface area contributed by atoms with Crippen LogP contribution in [0.3, 0.4) is 0 Å². The van der Waals surface area contributed by atoms with E-state index in [-0.39, 0.29) is 0 Å². The number of nitrogens with one attached hydrogen (secondary N) is 2. The molecule has 1 atom stereocenters. The Kier molecular flexibility index (Phi) is 10.8. The molecule has 5 nitrogen and oxygen atoms in total. The van der Waals surface area contributed by atoms with E-state index in [0.29, 0.717) is 18.3 Å². The van der Waals surface area contributed by atoms with Crippen LogP contribution < -0.4 is 11.1 Å². The van der Waals surface area contributed by atoms with E-state index in [0.717, 1.165) is 44.2 Å². The van der Waals surface area contributed by atoms with Crippen LogP contribution >= 0.6 is 11.6 Å². The highest BCUT2D eigenvalue weighted by Gasteiger charge is 2.12. The van der Waals surface area contributed by atoms with Gasteiger partial charge in [-0.15, -0.1) is 0 Å². The van der Waals surface area contributed by atoms with Gasteiger partial charge in [0.25, 0.3) is 0 Å². The molecule has 1 heterocycles. The van der Waals surface area contributed by atoms with E-state index < -0.39 is 0 Å². The Hall–Kier alpha value is -3.31. The number of nitrogens with two attached hydrogens (primary N) is 1. The lowest BCUT2D eigenvalue weighted by atomic mass is 9.99. The van der Waals surface area contributed by atoms with Crippen LogP contribution in [0.5, 0.6) is 0 Å². The van der Waals surface area contributed by atoms with Crippen LogP contribution in [0.15, 0.2) is 71.9 Å². The number of aryl methyl sites for hydroxylation is 1. The summed E-state index contributed by atoms with van der Waals surface area (Å²) in [7, 11) is 1.87. The molecule has 0 aliphatic heterocycles. The van der Waals surface area contributed by atoms with Crippen molar-refractivity contribution in [3.63, 3.8) is 0 Å². The highest BCUT2D eigenvalue weighted by atomic mass is 35.5. The smallest absolute Gasteiger partial charge is 0.138 e. The van der Waals surface area contributed by atoms with Gasteiger partial charge in [-0.2, -0.15) is 0 Å². The van der Waals surface area contributed by atoms with Crippen molar-refractivity contribution in [2.45, 2.75) is 47.0 Å². The fourth-order valence-electron chi connectivity index (χ4n) is 3.62. The summed E-state index contributed by atoms with van der Waals surface area (Å²) in [6.07, 6.45) is 6.86. The predicted octanol–water partition coefficient (Wildman–Crippen LogP) is 7.14. The maximum atomic E-state index is 6.04. The van der Waals surface area contributed by atoms with Gasteiger partial charge in [-0.1, -0.05) is 50.2 Å². The molecule has 186 valence electrons. The second kappa shape index (κ2) is 13.5. The van der Waals surface area contributed by atoms with E-state index in [9.17, 15) is 0 Å². The fraction of sp³-hybridized carbons (Fsp3) is 0.310. The van der Waals surface area contributed by atoms with Gasteiger partial charge in [0, 0.05) is 29.8 Å². The molecule has 3 aromatic rings. The lowest BCUT2D eigenvalue weighted by Crippen LogP contribution is -2.13. The van der Waals surface area contributed by atoms with Crippen LogP contribution in [-0.4, -0.2) is 29.4 Å². The second-order valence-corrected chi connectivity index (χ2v) is 8.86. The van der Waals surface area contributed by atoms with Gasteiger partial charge in [0.05, 0.1) is 11.0 Å². The van der Waals surface area contributed by atoms with Crippen molar-refractivity contribution in [1.82, 2.24) is 15.3 Å². The van der Waals surface area contributed by atoms with E-state index in [1.165, 1.54) is 12.0 Å². The Morgan fingerprint density at radius 2 is 2.03 bits per heavy atom. The van der Waals surface area contributed by atoms with Crippen LogP contribution in [0.4, 0.5) is 0 Å². The van der Waals surface area contributed by atoms with Gasteiger partial charge in [0.1, 0.15) is 11.7 Å².